The van der Waals surface area contributed by atoms with Crippen LogP contribution in [0.3, 0.4) is 0 Å². The van der Waals surface area contributed by atoms with Crippen molar-refractivity contribution in [1.29, 1.82) is 0 Å². The van der Waals surface area contributed by atoms with Crippen molar-refractivity contribution in [2.24, 2.45) is 0 Å². The van der Waals surface area contributed by atoms with Crippen molar-refractivity contribution >= 4 is 29.5 Å². The fourth-order valence-corrected chi connectivity index (χ4v) is 1.69. The van der Waals surface area contributed by atoms with Crippen molar-refractivity contribution in [3.63, 3.8) is 0 Å². The smallest absolute Gasteiger partial charge is 0.339 e. The molecule has 0 saturated heterocycles. The van der Waals surface area contributed by atoms with E-state index < -0.39 is 30.4 Å². The maximum absolute atomic E-state index is 11.9. The van der Waals surface area contributed by atoms with Gasteiger partial charge in [-0.05, 0) is 25.1 Å². The van der Waals surface area contributed by atoms with E-state index >= 15 is 0 Å². The van der Waals surface area contributed by atoms with Gasteiger partial charge >= 0.3 is 17.9 Å². The summed E-state index contributed by atoms with van der Waals surface area (Å²) in [5, 5.41) is 2.39. The first kappa shape index (κ1) is 18.9. The third-order valence-electron chi connectivity index (χ3n) is 2.77. The van der Waals surface area contributed by atoms with Gasteiger partial charge in [0, 0.05) is 6.08 Å². The molecular formula is C16H17NO7. The highest BCUT2D eigenvalue weighted by molar-refractivity contribution is 6.04. The molecule has 0 aliphatic heterocycles. The minimum absolute atomic E-state index is 0.0387. The standard InChI is InChI=1S/C16H17NO7/c1-4-5-14(19)24-9-13(18)17-12-8-10(15(20)22-2)6-7-11(12)16(21)23-3/h4-8H,9H2,1-3H3,(H,17,18)/b5-4+. The number of esters is 3. The summed E-state index contributed by atoms with van der Waals surface area (Å²) < 4.78 is 13.9. The fourth-order valence-electron chi connectivity index (χ4n) is 1.69. The molecule has 8 heteroatoms. The van der Waals surface area contributed by atoms with Gasteiger partial charge in [0.05, 0.1) is 31.0 Å². The van der Waals surface area contributed by atoms with E-state index in [0.717, 1.165) is 6.08 Å². The van der Waals surface area contributed by atoms with Crippen molar-refractivity contribution in [3.8, 4) is 0 Å². The predicted molar refractivity (Wildman–Crippen MR) is 83.5 cm³/mol. The number of rotatable bonds is 6. The molecular weight excluding hydrogens is 318 g/mol. The molecule has 0 aliphatic rings. The number of nitrogens with one attached hydrogen (secondary N) is 1. The highest BCUT2D eigenvalue weighted by atomic mass is 16.5. The molecule has 0 atom stereocenters. The molecule has 1 aromatic rings. The zero-order valence-electron chi connectivity index (χ0n) is 13.5. The van der Waals surface area contributed by atoms with Crippen LogP contribution in [0.4, 0.5) is 5.69 Å². The van der Waals surface area contributed by atoms with Crippen LogP contribution >= 0.6 is 0 Å². The number of hydrogen-bond acceptors (Lipinski definition) is 7. The molecule has 1 aromatic carbocycles. The normalized spacial score (nSPS) is 10.1. The van der Waals surface area contributed by atoms with Crippen LogP contribution in [0.5, 0.6) is 0 Å². The van der Waals surface area contributed by atoms with Crippen LogP contribution in [0, 0.1) is 0 Å². The van der Waals surface area contributed by atoms with Gasteiger partial charge in [0.1, 0.15) is 0 Å². The van der Waals surface area contributed by atoms with Crippen molar-refractivity contribution in [3.05, 3.63) is 41.5 Å². The molecule has 0 fully saturated rings. The van der Waals surface area contributed by atoms with E-state index in [-0.39, 0.29) is 16.8 Å². The van der Waals surface area contributed by atoms with Gasteiger partial charge in [-0.3, -0.25) is 4.79 Å². The molecule has 0 unspecified atom stereocenters. The Balaban J connectivity index is 2.97. The van der Waals surface area contributed by atoms with E-state index in [0.29, 0.717) is 0 Å². The SMILES string of the molecule is C/C=C/C(=O)OCC(=O)Nc1cc(C(=O)OC)ccc1C(=O)OC. The highest BCUT2D eigenvalue weighted by Crippen LogP contribution is 2.19. The van der Waals surface area contributed by atoms with Crippen LogP contribution < -0.4 is 5.32 Å². The Bertz CT molecular complexity index is 679. The largest absolute Gasteiger partial charge is 0.465 e. The number of carbonyl (C=O) groups excluding carboxylic acids is 4. The number of anilines is 1. The van der Waals surface area contributed by atoms with E-state index in [1.807, 2.05) is 0 Å². The highest BCUT2D eigenvalue weighted by Gasteiger charge is 2.17. The molecule has 1 amide bonds. The number of ether oxygens (including phenoxy) is 3. The van der Waals surface area contributed by atoms with Gasteiger partial charge in [0.2, 0.25) is 0 Å². The summed E-state index contributed by atoms with van der Waals surface area (Å²) in [6.45, 7) is 1.08. The van der Waals surface area contributed by atoms with Crippen LogP contribution in [-0.4, -0.2) is 44.6 Å². The molecule has 0 saturated carbocycles. The molecule has 0 aromatic heterocycles. The second kappa shape index (κ2) is 9.09. The maximum Gasteiger partial charge on any atom is 0.339 e. The molecule has 24 heavy (non-hydrogen) atoms. The summed E-state index contributed by atoms with van der Waals surface area (Å²) in [5.41, 5.74) is 0.210. The lowest BCUT2D eigenvalue weighted by molar-refractivity contribution is -0.142. The van der Waals surface area contributed by atoms with Gasteiger partial charge in [0.15, 0.2) is 6.61 Å². The monoisotopic (exact) mass is 335 g/mol. The molecule has 8 nitrogen and oxygen atoms in total. The van der Waals surface area contributed by atoms with Gasteiger partial charge < -0.3 is 19.5 Å². The second-order valence-corrected chi connectivity index (χ2v) is 4.40. The average Bonchev–Trinajstić information content (AvgIpc) is 2.58. The van der Waals surface area contributed by atoms with E-state index in [1.165, 1.54) is 38.5 Å². The van der Waals surface area contributed by atoms with Gasteiger partial charge in [-0.2, -0.15) is 0 Å². The van der Waals surface area contributed by atoms with E-state index in [4.69, 9.17) is 4.74 Å². The van der Waals surface area contributed by atoms with Crippen LogP contribution in [0.2, 0.25) is 0 Å². The molecule has 1 N–H and O–H groups in total. The van der Waals surface area contributed by atoms with Gasteiger partial charge in [0.25, 0.3) is 5.91 Å². The Morgan fingerprint density at radius 3 is 2.33 bits per heavy atom. The molecule has 0 aliphatic carbocycles. The van der Waals surface area contributed by atoms with E-state index in [1.54, 1.807) is 6.92 Å². The molecule has 0 bridgehead atoms. The lowest BCUT2D eigenvalue weighted by atomic mass is 10.1. The fraction of sp³-hybridized carbons (Fsp3) is 0.250. The number of methoxy groups -OCH3 is 2. The Morgan fingerprint density at radius 2 is 1.75 bits per heavy atom. The van der Waals surface area contributed by atoms with Crippen molar-refractivity contribution < 1.29 is 33.4 Å². The molecule has 0 spiro atoms. The van der Waals surface area contributed by atoms with Crippen LogP contribution in [-0.2, 0) is 23.8 Å². The van der Waals surface area contributed by atoms with Crippen molar-refractivity contribution in [1.82, 2.24) is 0 Å². The van der Waals surface area contributed by atoms with Gasteiger partial charge in [-0.1, -0.05) is 6.08 Å². The first-order valence-corrected chi connectivity index (χ1v) is 6.82. The third kappa shape index (κ3) is 5.24. The first-order valence-electron chi connectivity index (χ1n) is 6.82. The summed E-state index contributed by atoms with van der Waals surface area (Å²) in [7, 11) is 2.39. The minimum Gasteiger partial charge on any atom is -0.465 e. The quantitative estimate of drug-likeness (QED) is 0.474. The second-order valence-electron chi connectivity index (χ2n) is 4.40. The molecule has 0 heterocycles. The van der Waals surface area contributed by atoms with Crippen molar-refractivity contribution in [2.75, 3.05) is 26.1 Å². The number of benzene rings is 1. The minimum atomic E-state index is -0.701. The molecule has 128 valence electrons. The van der Waals surface area contributed by atoms with Crippen LogP contribution in [0.25, 0.3) is 0 Å². The molecule has 1 rings (SSSR count). The van der Waals surface area contributed by atoms with Crippen LogP contribution in [0.1, 0.15) is 27.6 Å². The summed E-state index contributed by atoms with van der Waals surface area (Å²) in [4.78, 5) is 46.3. The van der Waals surface area contributed by atoms with E-state index in [9.17, 15) is 19.2 Å². The Kier molecular flexibility index (Phi) is 7.15. The van der Waals surface area contributed by atoms with Crippen LogP contribution in [0.15, 0.2) is 30.4 Å². The average molecular weight is 335 g/mol. The zero-order valence-corrected chi connectivity index (χ0v) is 13.5. The van der Waals surface area contributed by atoms with Crippen molar-refractivity contribution in [2.45, 2.75) is 6.92 Å². The summed E-state index contributed by atoms with van der Waals surface area (Å²) in [5.74, 6) is -2.70. The van der Waals surface area contributed by atoms with E-state index in [2.05, 4.69) is 14.8 Å². The summed E-state index contributed by atoms with van der Waals surface area (Å²) in [6.07, 6.45) is 2.63. The lowest BCUT2D eigenvalue weighted by Gasteiger charge is -2.11. The topological polar surface area (TPSA) is 108 Å². The summed E-state index contributed by atoms with van der Waals surface area (Å²) in [6, 6.07) is 3.95. The van der Waals surface area contributed by atoms with Gasteiger partial charge in [-0.25, -0.2) is 14.4 Å². The maximum atomic E-state index is 11.9. The predicted octanol–water partition coefficient (Wildman–Crippen LogP) is 1.32. The number of allylic oxidation sites excluding steroid dienone is 1. The first-order chi connectivity index (χ1) is 11.4. The zero-order chi connectivity index (χ0) is 18.1. The number of hydrogen-bond donors (Lipinski definition) is 1. The summed E-state index contributed by atoms with van der Waals surface area (Å²) >= 11 is 0. The lowest BCUT2D eigenvalue weighted by Crippen LogP contribution is -2.22. The Hall–Kier alpha value is -3.16. The van der Waals surface area contributed by atoms with Gasteiger partial charge in [-0.15, -0.1) is 0 Å². The third-order valence-corrected chi connectivity index (χ3v) is 2.77. The number of carbonyl (C=O) groups is 4. The number of amides is 1. The molecule has 0 radical (unpaired) electrons. The Morgan fingerprint density at radius 1 is 1.08 bits per heavy atom. The Labute approximate surface area is 138 Å².